The van der Waals surface area contributed by atoms with Gasteiger partial charge in [0.1, 0.15) is 0 Å². The summed E-state index contributed by atoms with van der Waals surface area (Å²) in [7, 11) is 0. The predicted octanol–water partition coefficient (Wildman–Crippen LogP) is 2.43. The van der Waals surface area contributed by atoms with Crippen LogP contribution in [0, 0.1) is 5.41 Å². The molecule has 0 unspecified atom stereocenters. The van der Waals surface area contributed by atoms with Gasteiger partial charge in [0.2, 0.25) is 5.91 Å². The van der Waals surface area contributed by atoms with E-state index < -0.39 is 6.04 Å². The second-order valence-corrected chi connectivity index (χ2v) is 5.17. The zero-order chi connectivity index (χ0) is 12.1. The van der Waals surface area contributed by atoms with E-state index in [-0.39, 0.29) is 23.7 Å². The number of amides is 1. The number of rotatable bonds is 5. The molecule has 0 fully saturated rings. The van der Waals surface area contributed by atoms with Crippen molar-refractivity contribution in [1.29, 1.82) is 0 Å². The number of carbonyl (C=O) groups is 1. The van der Waals surface area contributed by atoms with Crippen LogP contribution in [-0.2, 0) is 4.79 Å². The first-order valence-electron chi connectivity index (χ1n) is 5.89. The van der Waals surface area contributed by atoms with E-state index in [1.54, 1.807) is 0 Å². The van der Waals surface area contributed by atoms with Gasteiger partial charge in [0.25, 0.3) is 0 Å². The fraction of sp³-hybridized carbons (Fsp3) is 0.917. The van der Waals surface area contributed by atoms with Crippen LogP contribution in [0.4, 0.5) is 0 Å². The van der Waals surface area contributed by atoms with E-state index in [2.05, 4.69) is 13.8 Å². The zero-order valence-electron chi connectivity index (χ0n) is 11.2. The first kappa shape index (κ1) is 18.1. The number of carbonyl (C=O) groups excluding carboxylic acids is 1. The maximum Gasteiger partial charge on any atom is 0.240 e. The van der Waals surface area contributed by atoms with E-state index in [0.717, 1.165) is 25.9 Å². The smallest absolute Gasteiger partial charge is 0.240 e. The monoisotopic (exact) mass is 250 g/mol. The van der Waals surface area contributed by atoms with Gasteiger partial charge < -0.3 is 10.6 Å². The van der Waals surface area contributed by atoms with Gasteiger partial charge in [-0.25, -0.2) is 0 Å². The molecule has 0 aliphatic rings. The van der Waals surface area contributed by atoms with Crippen molar-refractivity contribution < 1.29 is 4.79 Å². The molecule has 1 atom stereocenters. The van der Waals surface area contributed by atoms with E-state index >= 15 is 0 Å². The molecule has 4 heteroatoms. The summed E-state index contributed by atoms with van der Waals surface area (Å²) in [5.41, 5.74) is 5.81. The highest BCUT2D eigenvalue weighted by molar-refractivity contribution is 5.85. The maximum atomic E-state index is 12.1. The third-order valence-electron chi connectivity index (χ3n) is 2.50. The van der Waals surface area contributed by atoms with Crippen molar-refractivity contribution in [2.24, 2.45) is 11.1 Å². The van der Waals surface area contributed by atoms with E-state index in [0.29, 0.717) is 0 Å². The Labute approximate surface area is 106 Å². The topological polar surface area (TPSA) is 46.3 Å². The van der Waals surface area contributed by atoms with Crippen LogP contribution in [0.15, 0.2) is 0 Å². The first-order chi connectivity index (χ1) is 6.84. The zero-order valence-corrected chi connectivity index (χ0v) is 12.1. The second-order valence-electron chi connectivity index (χ2n) is 5.17. The van der Waals surface area contributed by atoms with E-state index in [4.69, 9.17) is 5.73 Å². The summed E-state index contributed by atoms with van der Waals surface area (Å²) in [5, 5.41) is 0. The van der Waals surface area contributed by atoms with E-state index in [1.807, 2.05) is 25.7 Å². The van der Waals surface area contributed by atoms with E-state index in [9.17, 15) is 4.79 Å². The Hall–Kier alpha value is -0.280. The quantitative estimate of drug-likeness (QED) is 0.815. The molecule has 3 nitrogen and oxygen atoms in total. The molecule has 0 radical (unpaired) electrons. The van der Waals surface area contributed by atoms with Gasteiger partial charge in [0.15, 0.2) is 0 Å². The van der Waals surface area contributed by atoms with Gasteiger partial charge in [-0.1, -0.05) is 34.6 Å². The van der Waals surface area contributed by atoms with Crippen LogP contribution in [0.25, 0.3) is 0 Å². The van der Waals surface area contributed by atoms with Gasteiger partial charge in [0.05, 0.1) is 6.04 Å². The molecule has 0 aliphatic carbocycles. The molecular formula is C12H27ClN2O. The molecule has 0 bridgehead atoms. The summed E-state index contributed by atoms with van der Waals surface area (Å²) in [4.78, 5) is 14.0. The molecule has 0 aromatic heterocycles. The van der Waals surface area contributed by atoms with Gasteiger partial charge in [-0.2, -0.15) is 0 Å². The Balaban J connectivity index is 0. The summed E-state index contributed by atoms with van der Waals surface area (Å²) in [6, 6.07) is -0.393. The van der Waals surface area contributed by atoms with Crippen molar-refractivity contribution in [3.8, 4) is 0 Å². The van der Waals surface area contributed by atoms with Crippen LogP contribution in [0.1, 0.15) is 47.5 Å². The Morgan fingerprint density at radius 2 is 1.56 bits per heavy atom. The van der Waals surface area contributed by atoms with Gasteiger partial charge >= 0.3 is 0 Å². The van der Waals surface area contributed by atoms with Crippen molar-refractivity contribution in [3.63, 3.8) is 0 Å². The van der Waals surface area contributed by atoms with Crippen molar-refractivity contribution in [3.05, 3.63) is 0 Å². The Morgan fingerprint density at radius 3 is 1.81 bits per heavy atom. The molecule has 0 heterocycles. The number of nitrogens with zero attached hydrogens (tertiary/aromatic N) is 1. The first-order valence-corrected chi connectivity index (χ1v) is 5.89. The summed E-state index contributed by atoms with van der Waals surface area (Å²) >= 11 is 0. The number of halogens is 1. The average Bonchev–Trinajstić information content (AvgIpc) is 2.14. The molecule has 2 N–H and O–H groups in total. The average molecular weight is 251 g/mol. The third kappa shape index (κ3) is 5.71. The standard InChI is InChI=1S/C12H26N2O.ClH/c1-6-8-14(9-7-2)11(15)10(13)12(3,4)5;/h10H,6-9,13H2,1-5H3;1H/t10-;/m1./s1. The number of hydrogen-bond donors (Lipinski definition) is 1. The largest absolute Gasteiger partial charge is 0.341 e. The van der Waals surface area contributed by atoms with Crippen LogP contribution in [0.3, 0.4) is 0 Å². The highest BCUT2D eigenvalue weighted by Gasteiger charge is 2.30. The molecule has 0 saturated heterocycles. The van der Waals surface area contributed by atoms with Crippen molar-refractivity contribution in [1.82, 2.24) is 4.90 Å². The Bertz CT molecular complexity index is 196. The molecule has 0 spiro atoms. The van der Waals surface area contributed by atoms with Crippen molar-refractivity contribution >= 4 is 18.3 Å². The van der Waals surface area contributed by atoms with Crippen LogP contribution in [0.2, 0.25) is 0 Å². The lowest BCUT2D eigenvalue weighted by Gasteiger charge is -2.31. The van der Waals surface area contributed by atoms with Crippen molar-refractivity contribution in [2.75, 3.05) is 13.1 Å². The van der Waals surface area contributed by atoms with Gasteiger partial charge in [-0.3, -0.25) is 4.79 Å². The lowest BCUT2D eigenvalue weighted by Crippen LogP contribution is -2.50. The summed E-state index contributed by atoms with van der Waals surface area (Å²) in [6.45, 7) is 11.8. The Morgan fingerprint density at radius 1 is 1.19 bits per heavy atom. The molecule has 0 aromatic carbocycles. The summed E-state index contributed by atoms with van der Waals surface area (Å²) in [6.07, 6.45) is 1.98. The minimum absolute atomic E-state index is 0. The van der Waals surface area contributed by atoms with Crippen LogP contribution in [0.5, 0.6) is 0 Å². The molecule has 0 aromatic rings. The van der Waals surface area contributed by atoms with Crippen LogP contribution in [-0.4, -0.2) is 29.9 Å². The summed E-state index contributed by atoms with van der Waals surface area (Å²) < 4.78 is 0. The van der Waals surface area contributed by atoms with Crippen LogP contribution >= 0.6 is 12.4 Å². The highest BCUT2D eigenvalue weighted by atomic mass is 35.5. The second kappa shape index (κ2) is 7.91. The fourth-order valence-electron chi connectivity index (χ4n) is 1.44. The summed E-state index contributed by atoms with van der Waals surface area (Å²) in [5.74, 6) is 0.0891. The SMILES string of the molecule is CCCN(CCC)C(=O)[C@@H](N)C(C)(C)C.Cl. The number of hydrogen-bond acceptors (Lipinski definition) is 2. The van der Waals surface area contributed by atoms with Gasteiger partial charge in [-0.15, -0.1) is 12.4 Å². The molecule has 0 rings (SSSR count). The molecule has 98 valence electrons. The van der Waals surface area contributed by atoms with Gasteiger partial charge in [-0.05, 0) is 18.3 Å². The molecule has 1 amide bonds. The molecular weight excluding hydrogens is 224 g/mol. The van der Waals surface area contributed by atoms with Crippen molar-refractivity contribution in [2.45, 2.75) is 53.5 Å². The minimum atomic E-state index is -0.393. The lowest BCUT2D eigenvalue weighted by atomic mass is 9.86. The van der Waals surface area contributed by atoms with Gasteiger partial charge in [0, 0.05) is 13.1 Å². The minimum Gasteiger partial charge on any atom is -0.341 e. The predicted molar refractivity (Wildman–Crippen MR) is 71.8 cm³/mol. The lowest BCUT2D eigenvalue weighted by molar-refractivity contribution is -0.135. The molecule has 16 heavy (non-hydrogen) atoms. The highest BCUT2D eigenvalue weighted by Crippen LogP contribution is 2.19. The number of nitrogens with two attached hydrogens (primary N) is 1. The fourth-order valence-corrected chi connectivity index (χ4v) is 1.44. The Kier molecular flexibility index (Phi) is 8.94. The molecule has 0 saturated carbocycles. The molecule has 0 aliphatic heterocycles. The normalized spacial score (nSPS) is 12.9. The maximum absolute atomic E-state index is 12.1. The van der Waals surface area contributed by atoms with E-state index in [1.165, 1.54) is 0 Å². The van der Waals surface area contributed by atoms with Crippen LogP contribution < -0.4 is 5.73 Å². The third-order valence-corrected chi connectivity index (χ3v) is 2.50.